The Morgan fingerprint density at radius 2 is 0.935 bits per heavy atom. The first-order chi connectivity index (χ1) is 37.1. The Balaban J connectivity index is 1.10. The minimum Gasteiger partial charge on any atom is -0.456 e. The van der Waals surface area contributed by atoms with Crippen LogP contribution in [0.15, 0.2) is 199 Å². The van der Waals surface area contributed by atoms with Crippen molar-refractivity contribution in [2.75, 3.05) is 9.80 Å². The van der Waals surface area contributed by atoms with Crippen LogP contribution in [-0.4, -0.2) is 11.3 Å². The molecule has 374 valence electrons. The topological polar surface area (TPSA) is 24.6 Å². The third-order valence-electron chi connectivity index (χ3n) is 16.9. The summed E-state index contributed by atoms with van der Waals surface area (Å²) in [5, 5.41) is 4.80. The van der Waals surface area contributed by atoms with Gasteiger partial charge < -0.3 is 18.8 Å². The van der Waals surface area contributed by atoms with E-state index in [1.165, 1.54) is 128 Å². The molecule has 0 spiro atoms. The molecule has 12 aromatic rings. The van der Waals surface area contributed by atoms with E-state index in [4.69, 9.17) is 4.42 Å². The molecule has 4 nitrogen and oxygen atoms in total. The van der Waals surface area contributed by atoms with Crippen LogP contribution in [-0.2, 0) is 10.8 Å². The smallest absolute Gasteiger partial charge is 0.252 e. The molecule has 2 aliphatic rings. The van der Waals surface area contributed by atoms with Gasteiger partial charge in [0.15, 0.2) is 0 Å². The predicted octanol–water partition coefficient (Wildman–Crippen LogP) is 17.9. The molecule has 14 rings (SSSR count). The summed E-state index contributed by atoms with van der Waals surface area (Å²) in [5.74, 6) is 0. The van der Waals surface area contributed by atoms with Gasteiger partial charge in [-0.25, -0.2) is 0 Å². The van der Waals surface area contributed by atoms with E-state index in [1.807, 2.05) is 0 Å². The van der Waals surface area contributed by atoms with Gasteiger partial charge in [-0.15, -0.1) is 0 Å². The molecule has 0 atom stereocenters. The third kappa shape index (κ3) is 7.19. The van der Waals surface area contributed by atoms with Crippen LogP contribution in [0.1, 0.15) is 74.9 Å². The SMILES string of the molecule is Cc1cc(-c2cccc3oc4ccccc4c23)cc(C)c1N1c2cc(C(C)(C)C)ccc2B2c3cc4c5ccccc5n(-c5ccccc5)c4cc3N(c3c(C)cc(-c4ccccc4)cc3C)c3cc(C(C)(C)C)cc1c32. The highest BCUT2D eigenvalue weighted by Crippen LogP contribution is 2.51. The van der Waals surface area contributed by atoms with Crippen LogP contribution in [0.4, 0.5) is 34.1 Å². The Hall–Kier alpha value is -8.54. The van der Waals surface area contributed by atoms with E-state index in [0.29, 0.717) is 0 Å². The van der Waals surface area contributed by atoms with E-state index in [9.17, 15) is 0 Å². The second-order valence-electron chi connectivity index (χ2n) is 24.0. The van der Waals surface area contributed by atoms with E-state index in [0.717, 1.165) is 27.6 Å². The van der Waals surface area contributed by atoms with Crippen molar-refractivity contribution in [3.63, 3.8) is 0 Å². The van der Waals surface area contributed by atoms with Crippen LogP contribution in [0.25, 0.3) is 71.7 Å². The number of anilines is 6. The Morgan fingerprint density at radius 3 is 1.58 bits per heavy atom. The maximum atomic E-state index is 6.45. The molecule has 4 heterocycles. The summed E-state index contributed by atoms with van der Waals surface area (Å²) in [6.07, 6.45) is 0. The molecule has 5 heteroatoms. The zero-order valence-electron chi connectivity index (χ0n) is 45.8. The monoisotopic (exact) mass is 995 g/mol. The number of hydrogen-bond donors (Lipinski definition) is 0. The van der Waals surface area contributed by atoms with Crippen molar-refractivity contribution in [1.82, 2.24) is 4.57 Å². The summed E-state index contributed by atoms with van der Waals surface area (Å²) in [7, 11) is 0. The highest BCUT2D eigenvalue weighted by atomic mass is 16.3. The molecule has 2 aromatic heterocycles. The lowest BCUT2D eigenvalue weighted by Gasteiger charge is -2.46. The van der Waals surface area contributed by atoms with Crippen molar-refractivity contribution >= 4 is 101 Å². The standard InChI is InChI=1S/C72H62BN3O/c1-43-34-48(47-22-13-11-14-23-47)35-44(2)69(43)76-62-42-60-56(54-26-17-19-29-59(54)74(60)52-24-15-12-16-25-52)41-58(62)73-57-33-32-50(71(5,6)7)38-61(57)75(63-39-51(72(8,9)10)40-64(76)68(63)73)70-45(3)36-49(37-46(70)4)53-28-21-31-66-67(53)55-27-18-20-30-65(55)77-66/h11-42H,1-10H3. The Bertz CT molecular complexity index is 4370. The number of benzene rings is 10. The summed E-state index contributed by atoms with van der Waals surface area (Å²) in [4.78, 5) is 5.33. The largest absolute Gasteiger partial charge is 0.456 e. The summed E-state index contributed by atoms with van der Waals surface area (Å²) >= 11 is 0. The molecule has 0 radical (unpaired) electrons. The second kappa shape index (κ2) is 17.0. The highest BCUT2D eigenvalue weighted by Gasteiger charge is 2.46. The van der Waals surface area contributed by atoms with Crippen molar-refractivity contribution in [3.8, 4) is 27.9 Å². The average Bonchev–Trinajstić information content (AvgIpc) is 4.06. The number of furan rings is 1. The van der Waals surface area contributed by atoms with Crippen LogP contribution in [0.2, 0.25) is 0 Å². The fraction of sp³-hybridized carbons (Fsp3) is 0.167. The number of rotatable bonds is 5. The lowest BCUT2D eigenvalue weighted by Crippen LogP contribution is -2.61. The number of fused-ring (bicyclic) bond motifs is 10. The molecule has 10 aromatic carbocycles. The summed E-state index contributed by atoms with van der Waals surface area (Å²) < 4.78 is 8.92. The van der Waals surface area contributed by atoms with E-state index < -0.39 is 0 Å². The lowest BCUT2D eigenvalue weighted by atomic mass is 9.33. The van der Waals surface area contributed by atoms with Crippen molar-refractivity contribution in [3.05, 3.63) is 228 Å². The van der Waals surface area contributed by atoms with E-state index >= 15 is 0 Å². The molecule has 0 saturated carbocycles. The molecule has 0 bridgehead atoms. The molecule has 0 amide bonds. The molecule has 0 saturated heterocycles. The molecule has 0 unspecified atom stereocenters. The van der Waals surface area contributed by atoms with E-state index in [2.05, 4.69) is 278 Å². The van der Waals surface area contributed by atoms with Crippen LogP contribution < -0.4 is 26.2 Å². The van der Waals surface area contributed by atoms with Gasteiger partial charge in [0, 0.05) is 50.0 Å². The molecule has 0 fully saturated rings. The Morgan fingerprint density at radius 1 is 0.390 bits per heavy atom. The van der Waals surface area contributed by atoms with Crippen molar-refractivity contribution < 1.29 is 4.42 Å². The maximum Gasteiger partial charge on any atom is 0.252 e. The van der Waals surface area contributed by atoms with Gasteiger partial charge >= 0.3 is 0 Å². The number of para-hydroxylation sites is 3. The number of hydrogen-bond acceptors (Lipinski definition) is 3. The fourth-order valence-corrected chi connectivity index (χ4v) is 13.3. The van der Waals surface area contributed by atoms with Gasteiger partial charge in [-0.3, -0.25) is 0 Å². The lowest BCUT2D eigenvalue weighted by molar-refractivity contribution is 0.590. The van der Waals surface area contributed by atoms with Crippen LogP contribution in [0.3, 0.4) is 0 Å². The second-order valence-corrected chi connectivity index (χ2v) is 24.0. The van der Waals surface area contributed by atoms with Gasteiger partial charge in [0.05, 0.1) is 22.4 Å². The third-order valence-corrected chi connectivity index (χ3v) is 16.9. The normalized spacial score (nSPS) is 13.2. The van der Waals surface area contributed by atoms with E-state index in [-0.39, 0.29) is 17.5 Å². The van der Waals surface area contributed by atoms with Gasteiger partial charge in [-0.2, -0.15) is 0 Å². The molecule has 2 aliphatic heterocycles. The van der Waals surface area contributed by atoms with Crippen LogP contribution in [0, 0.1) is 27.7 Å². The van der Waals surface area contributed by atoms with Gasteiger partial charge in [0.1, 0.15) is 11.2 Å². The first kappa shape index (κ1) is 47.0. The van der Waals surface area contributed by atoms with Crippen molar-refractivity contribution in [2.45, 2.75) is 80.1 Å². The van der Waals surface area contributed by atoms with Gasteiger partial charge in [-0.05, 0) is 189 Å². The first-order valence-electron chi connectivity index (χ1n) is 27.4. The zero-order valence-corrected chi connectivity index (χ0v) is 45.8. The minimum atomic E-state index is -0.183. The fourth-order valence-electron chi connectivity index (χ4n) is 13.3. The number of aromatic nitrogens is 1. The zero-order chi connectivity index (χ0) is 52.8. The Labute approximate surface area is 452 Å². The Kier molecular flexibility index (Phi) is 10.4. The molecular formula is C72H62BN3O. The first-order valence-corrected chi connectivity index (χ1v) is 27.4. The van der Waals surface area contributed by atoms with Crippen molar-refractivity contribution in [2.24, 2.45) is 0 Å². The summed E-state index contributed by atoms with van der Waals surface area (Å²) in [6.45, 7) is 23.4. The molecular weight excluding hydrogens is 934 g/mol. The highest BCUT2D eigenvalue weighted by molar-refractivity contribution is 7.00. The van der Waals surface area contributed by atoms with Crippen LogP contribution >= 0.6 is 0 Å². The molecule has 0 aliphatic carbocycles. The maximum absolute atomic E-state index is 6.45. The van der Waals surface area contributed by atoms with Gasteiger partial charge in [0.2, 0.25) is 0 Å². The summed E-state index contributed by atoms with van der Waals surface area (Å²) in [5.41, 5.74) is 28.7. The summed E-state index contributed by atoms with van der Waals surface area (Å²) in [6, 6.07) is 72.9. The molecule has 0 N–H and O–H groups in total. The van der Waals surface area contributed by atoms with Crippen molar-refractivity contribution in [1.29, 1.82) is 0 Å². The van der Waals surface area contributed by atoms with E-state index in [1.54, 1.807) is 0 Å². The molecule has 77 heavy (non-hydrogen) atoms. The van der Waals surface area contributed by atoms with Crippen LogP contribution in [0.5, 0.6) is 0 Å². The van der Waals surface area contributed by atoms with Gasteiger partial charge in [0.25, 0.3) is 6.71 Å². The number of nitrogens with zero attached hydrogens (tertiary/aromatic N) is 3. The quantitative estimate of drug-likeness (QED) is 0.161. The number of aryl methyl sites for hydroxylation is 4. The van der Waals surface area contributed by atoms with Gasteiger partial charge in [-0.1, -0.05) is 157 Å². The predicted molar refractivity (Wildman–Crippen MR) is 329 cm³/mol. The average molecular weight is 996 g/mol. The minimum absolute atomic E-state index is 0.0696.